The van der Waals surface area contributed by atoms with Crippen molar-refractivity contribution in [3.8, 4) is 0 Å². The van der Waals surface area contributed by atoms with E-state index in [1.165, 1.54) is 5.56 Å². The molecule has 4 heteroatoms. The molecule has 0 spiro atoms. The van der Waals surface area contributed by atoms with Gasteiger partial charge >= 0.3 is 5.97 Å². The first kappa shape index (κ1) is 16.5. The number of aliphatic carboxylic acids is 1. The number of carboxylic acids is 1. The number of benzene rings is 1. The molecule has 0 unspecified atom stereocenters. The molecule has 1 aliphatic carbocycles. The second-order valence-corrected chi connectivity index (χ2v) is 6.86. The maximum Gasteiger partial charge on any atom is 0.306 e. The van der Waals surface area contributed by atoms with E-state index in [4.69, 9.17) is 5.11 Å². The zero-order chi connectivity index (χ0) is 16.2. The lowest BCUT2D eigenvalue weighted by Gasteiger charge is -2.25. The molecule has 0 saturated heterocycles. The van der Waals surface area contributed by atoms with Gasteiger partial charge in [-0.1, -0.05) is 44.2 Å². The summed E-state index contributed by atoms with van der Waals surface area (Å²) < 4.78 is 0. The van der Waals surface area contributed by atoms with Crippen LogP contribution in [0.2, 0.25) is 0 Å². The molecule has 0 bridgehead atoms. The zero-order valence-corrected chi connectivity index (χ0v) is 13.3. The number of carbonyl (C=O) groups is 2. The molecule has 0 heterocycles. The number of carbonyl (C=O) groups excluding carboxylic acids is 1. The lowest BCUT2D eigenvalue weighted by atomic mass is 9.80. The topological polar surface area (TPSA) is 66.4 Å². The number of hydrogen-bond acceptors (Lipinski definition) is 2. The summed E-state index contributed by atoms with van der Waals surface area (Å²) in [7, 11) is 0. The van der Waals surface area contributed by atoms with Crippen molar-refractivity contribution in [2.45, 2.75) is 57.4 Å². The van der Waals surface area contributed by atoms with E-state index in [9.17, 15) is 9.59 Å². The largest absolute Gasteiger partial charge is 0.481 e. The summed E-state index contributed by atoms with van der Waals surface area (Å²) in [4.78, 5) is 23.0. The van der Waals surface area contributed by atoms with Crippen LogP contribution in [-0.2, 0) is 15.0 Å². The molecule has 1 fully saturated rings. The van der Waals surface area contributed by atoms with E-state index >= 15 is 0 Å². The van der Waals surface area contributed by atoms with Gasteiger partial charge < -0.3 is 10.4 Å². The Morgan fingerprint density at radius 3 is 2.50 bits per heavy atom. The third-order valence-corrected chi connectivity index (χ3v) is 4.68. The smallest absolute Gasteiger partial charge is 0.306 e. The van der Waals surface area contributed by atoms with Crippen molar-refractivity contribution >= 4 is 11.9 Å². The minimum absolute atomic E-state index is 0.0217. The Balaban J connectivity index is 1.80. The Morgan fingerprint density at radius 1 is 1.23 bits per heavy atom. The maximum atomic E-state index is 12.1. The molecular formula is C18H25NO3. The molecule has 0 radical (unpaired) electrons. The molecule has 1 aliphatic rings. The van der Waals surface area contributed by atoms with Crippen molar-refractivity contribution in [3.05, 3.63) is 35.9 Å². The Bertz CT molecular complexity index is 524. The average Bonchev–Trinajstić information content (AvgIpc) is 2.95. The Labute approximate surface area is 131 Å². The summed E-state index contributed by atoms with van der Waals surface area (Å²) in [5.74, 6) is -1.02. The molecule has 2 atom stereocenters. The van der Waals surface area contributed by atoms with E-state index in [0.717, 1.165) is 12.8 Å². The van der Waals surface area contributed by atoms with Crippen LogP contribution in [0.5, 0.6) is 0 Å². The first-order chi connectivity index (χ1) is 10.4. The summed E-state index contributed by atoms with van der Waals surface area (Å²) in [5, 5.41) is 12.0. The van der Waals surface area contributed by atoms with Crippen molar-refractivity contribution < 1.29 is 14.7 Å². The minimum atomic E-state index is -0.748. The van der Waals surface area contributed by atoms with Crippen LogP contribution in [0.15, 0.2) is 30.3 Å². The number of nitrogens with one attached hydrogen (secondary N) is 1. The number of amides is 1. The number of hydrogen-bond donors (Lipinski definition) is 2. The molecule has 4 nitrogen and oxygen atoms in total. The fourth-order valence-corrected chi connectivity index (χ4v) is 3.10. The summed E-state index contributed by atoms with van der Waals surface area (Å²) in [6.45, 7) is 4.29. The van der Waals surface area contributed by atoms with Gasteiger partial charge in [-0.05, 0) is 36.7 Å². The molecule has 1 amide bonds. The van der Waals surface area contributed by atoms with Crippen LogP contribution in [-0.4, -0.2) is 23.0 Å². The van der Waals surface area contributed by atoms with Crippen molar-refractivity contribution in [2.75, 3.05) is 0 Å². The molecule has 2 N–H and O–H groups in total. The monoisotopic (exact) mass is 303 g/mol. The molecular weight excluding hydrogens is 278 g/mol. The quantitative estimate of drug-likeness (QED) is 0.848. The number of carboxylic acid groups (broad SMARTS) is 1. The highest BCUT2D eigenvalue weighted by Gasteiger charge is 2.30. The predicted molar refractivity (Wildman–Crippen MR) is 85.6 cm³/mol. The van der Waals surface area contributed by atoms with Gasteiger partial charge in [0.25, 0.3) is 0 Å². The van der Waals surface area contributed by atoms with Crippen LogP contribution in [0, 0.1) is 5.92 Å². The Kier molecular flexibility index (Phi) is 5.22. The molecule has 120 valence electrons. The van der Waals surface area contributed by atoms with Crippen molar-refractivity contribution in [2.24, 2.45) is 5.92 Å². The molecule has 1 saturated carbocycles. The third kappa shape index (κ3) is 4.33. The summed E-state index contributed by atoms with van der Waals surface area (Å²) in [6.07, 6.45) is 3.23. The Hall–Kier alpha value is -1.84. The van der Waals surface area contributed by atoms with E-state index < -0.39 is 5.97 Å². The van der Waals surface area contributed by atoms with Gasteiger partial charge in [-0.25, -0.2) is 0 Å². The molecule has 0 aromatic heterocycles. The van der Waals surface area contributed by atoms with Crippen LogP contribution >= 0.6 is 0 Å². The first-order valence-electron chi connectivity index (χ1n) is 7.96. The molecule has 22 heavy (non-hydrogen) atoms. The predicted octanol–water partition coefficient (Wildman–Crippen LogP) is 3.11. The summed E-state index contributed by atoms with van der Waals surface area (Å²) in [5.41, 5.74) is 1.19. The maximum absolute atomic E-state index is 12.1. The highest BCUT2D eigenvalue weighted by Crippen LogP contribution is 2.29. The van der Waals surface area contributed by atoms with Crippen molar-refractivity contribution in [3.63, 3.8) is 0 Å². The van der Waals surface area contributed by atoms with E-state index in [1.807, 2.05) is 18.2 Å². The number of rotatable bonds is 6. The average molecular weight is 303 g/mol. The minimum Gasteiger partial charge on any atom is -0.481 e. The highest BCUT2D eigenvalue weighted by molar-refractivity contribution is 5.77. The molecule has 1 aromatic rings. The third-order valence-electron chi connectivity index (χ3n) is 4.68. The molecule has 1 aromatic carbocycles. The second-order valence-electron chi connectivity index (χ2n) is 6.86. The van der Waals surface area contributed by atoms with Gasteiger partial charge in [0.05, 0.1) is 5.92 Å². The Morgan fingerprint density at radius 2 is 1.91 bits per heavy atom. The van der Waals surface area contributed by atoms with Crippen LogP contribution in [0.1, 0.15) is 51.5 Å². The molecule has 2 rings (SSSR count). The van der Waals surface area contributed by atoms with Crippen LogP contribution in [0.25, 0.3) is 0 Å². The van der Waals surface area contributed by atoms with Gasteiger partial charge in [-0.15, -0.1) is 0 Å². The summed E-state index contributed by atoms with van der Waals surface area (Å²) in [6, 6.07) is 10.2. The van der Waals surface area contributed by atoms with Crippen LogP contribution < -0.4 is 5.32 Å². The van der Waals surface area contributed by atoms with Gasteiger partial charge in [0, 0.05) is 12.5 Å². The van der Waals surface area contributed by atoms with Crippen molar-refractivity contribution in [1.29, 1.82) is 0 Å². The van der Waals surface area contributed by atoms with Crippen LogP contribution in [0.3, 0.4) is 0 Å². The van der Waals surface area contributed by atoms with Gasteiger partial charge in [0.15, 0.2) is 0 Å². The SMILES string of the molecule is CC(C)(CCC(=O)N[C@@H]1CC[C@H](C(=O)O)C1)c1ccccc1. The lowest BCUT2D eigenvalue weighted by molar-refractivity contribution is -0.141. The standard InChI is InChI=1S/C18H25NO3/c1-18(2,14-6-4-3-5-7-14)11-10-16(20)19-15-9-8-13(12-15)17(21)22/h3-7,13,15H,8-12H2,1-2H3,(H,19,20)(H,21,22)/t13-,15+/m0/s1. The fraction of sp³-hybridized carbons (Fsp3) is 0.556. The van der Waals surface area contributed by atoms with Gasteiger partial charge in [-0.2, -0.15) is 0 Å². The summed E-state index contributed by atoms with van der Waals surface area (Å²) >= 11 is 0. The van der Waals surface area contributed by atoms with Crippen molar-refractivity contribution in [1.82, 2.24) is 5.32 Å². The normalized spacial score (nSPS) is 21.5. The zero-order valence-electron chi connectivity index (χ0n) is 13.3. The molecule has 0 aliphatic heterocycles. The lowest BCUT2D eigenvalue weighted by Crippen LogP contribution is -2.34. The van der Waals surface area contributed by atoms with Gasteiger partial charge in [-0.3, -0.25) is 9.59 Å². The van der Waals surface area contributed by atoms with E-state index in [1.54, 1.807) is 0 Å². The van der Waals surface area contributed by atoms with Gasteiger partial charge in [0.2, 0.25) is 5.91 Å². The van der Waals surface area contributed by atoms with E-state index in [0.29, 0.717) is 19.3 Å². The van der Waals surface area contributed by atoms with Gasteiger partial charge in [0.1, 0.15) is 0 Å². The first-order valence-corrected chi connectivity index (χ1v) is 7.96. The fourth-order valence-electron chi connectivity index (χ4n) is 3.10. The van der Waals surface area contributed by atoms with E-state index in [2.05, 4.69) is 31.3 Å². The second kappa shape index (κ2) is 6.95. The van der Waals surface area contributed by atoms with E-state index in [-0.39, 0.29) is 23.3 Å². The van der Waals surface area contributed by atoms with Crippen LogP contribution in [0.4, 0.5) is 0 Å². The highest BCUT2D eigenvalue weighted by atomic mass is 16.4.